The van der Waals surface area contributed by atoms with Crippen LogP contribution in [0.4, 0.5) is 5.69 Å². The maximum absolute atomic E-state index is 12.3. The number of primary amides is 1. The number of fused-ring (bicyclic) bond motifs is 1. The molecule has 0 spiro atoms. The molecule has 0 bridgehead atoms. The van der Waals surface area contributed by atoms with E-state index in [0.717, 1.165) is 51.3 Å². The summed E-state index contributed by atoms with van der Waals surface area (Å²) in [5, 5.41) is 10.9. The summed E-state index contributed by atoms with van der Waals surface area (Å²) in [6.45, 7) is 1.26. The van der Waals surface area contributed by atoms with Crippen molar-refractivity contribution < 1.29 is 14.6 Å². The molecule has 0 unspecified atom stereocenters. The van der Waals surface area contributed by atoms with E-state index in [0.29, 0.717) is 18.8 Å². The van der Waals surface area contributed by atoms with E-state index in [2.05, 4.69) is 20.9 Å². The number of carbonyl (C=O) groups excluding carboxylic acids is 1. The van der Waals surface area contributed by atoms with Gasteiger partial charge in [0.2, 0.25) is 0 Å². The Balaban J connectivity index is 1.66. The summed E-state index contributed by atoms with van der Waals surface area (Å²) in [7, 11) is 0. The number of aromatic nitrogens is 2. The molecule has 7 nitrogen and oxygen atoms in total. The lowest BCUT2D eigenvalue weighted by molar-refractivity contribution is 0.00137. The number of amides is 1. The third-order valence-corrected chi connectivity index (χ3v) is 7.82. The first-order chi connectivity index (χ1) is 14.1. The summed E-state index contributed by atoms with van der Waals surface area (Å²) in [4.78, 5) is 26.5. The molecule has 1 amide bonds. The van der Waals surface area contributed by atoms with Gasteiger partial charge in [-0.3, -0.25) is 9.78 Å². The first kappa shape index (κ1) is 18.9. The number of hydrogen-bond donors (Lipinski definition) is 2. The number of aliphatic hydroxyl groups is 1. The largest absolute Gasteiger partial charge is 0.393 e. The highest BCUT2D eigenvalue weighted by Crippen LogP contribution is 2.43. The fraction of sp³-hybridized carbons (Fsp3) is 0.450. The zero-order valence-electron chi connectivity index (χ0n) is 15.8. The molecule has 5 rings (SSSR count). The van der Waals surface area contributed by atoms with Gasteiger partial charge in [-0.1, -0.05) is 0 Å². The zero-order valence-corrected chi connectivity index (χ0v) is 17.4. The third kappa shape index (κ3) is 3.42. The van der Waals surface area contributed by atoms with Gasteiger partial charge in [-0.15, -0.1) is 22.7 Å². The van der Waals surface area contributed by atoms with Crippen LogP contribution >= 0.6 is 22.7 Å². The van der Waals surface area contributed by atoms with Gasteiger partial charge in [0.05, 0.1) is 47.0 Å². The summed E-state index contributed by atoms with van der Waals surface area (Å²) < 4.78 is 5.50. The Kier molecular flexibility index (Phi) is 4.99. The lowest BCUT2D eigenvalue weighted by Gasteiger charge is -2.46. The van der Waals surface area contributed by atoms with Crippen LogP contribution in [0.3, 0.4) is 0 Å². The summed E-state index contributed by atoms with van der Waals surface area (Å²) in [6.07, 6.45) is 6.52. The van der Waals surface area contributed by atoms with E-state index in [-0.39, 0.29) is 18.2 Å². The van der Waals surface area contributed by atoms with Crippen molar-refractivity contribution in [3.8, 4) is 9.75 Å². The van der Waals surface area contributed by atoms with Crippen molar-refractivity contribution in [1.82, 2.24) is 9.97 Å². The summed E-state index contributed by atoms with van der Waals surface area (Å²) in [6, 6.07) is 2.54. The van der Waals surface area contributed by atoms with Gasteiger partial charge in [0.1, 0.15) is 4.83 Å². The van der Waals surface area contributed by atoms with Crippen LogP contribution in [0.1, 0.15) is 36.0 Å². The summed E-state index contributed by atoms with van der Waals surface area (Å²) in [5.74, 6) is -0.471. The Morgan fingerprint density at radius 2 is 1.97 bits per heavy atom. The molecule has 0 aromatic carbocycles. The predicted octanol–water partition coefficient (Wildman–Crippen LogP) is 3.03. The molecule has 3 N–H and O–H groups in total. The van der Waals surface area contributed by atoms with Crippen LogP contribution in [0.5, 0.6) is 0 Å². The van der Waals surface area contributed by atoms with Crippen molar-refractivity contribution >= 4 is 44.5 Å². The topological polar surface area (TPSA) is 102 Å². The van der Waals surface area contributed by atoms with E-state index in [9.17, 15) is 9.90 Å². The number of pyridine rings is 1. The second-order valence-electron chi connectivity index (χ2n) is 7.64. The van der Waals surface area contributed by atoms with Gasteiger partial charge in [-0.05, 0) is 31.7 Å². The van der Waals surface area contributed by atoms with Crippen molar-refractivity contribution in [1.29, 1.82) is 0 Å². The minimum Gasteiger partial charge on any atom is -0.393 e. The Bertz CT molecular complexity index is 1020. The van der Waals surface area contributed by atoms with E-state index in [1.54, 1.807) is 28.9 Å². The van der Waals surface area contributed by atoms with Crippen LogP contribution in [0.15, 0.2) is 24.0 Å². The SMILES string of the molecule is NC(=O)c1cnc2sc(-c3cncs3)cc2c1N(C1CCC(O)CC1)C1COC1. The smallest absolute Gasteiger partial charge is 0.252 e. The van der Waals surface area contributed by atoms with Crippen molar-refractivity contribution in [2.24, 2.45) is 5.73 Å². The molecule has 0 atom stereocenters. The minimum absolute atomic E-state index is 0.200. The second-order valence-corrected chi connectivity index (χ2v) is 9.56. The number of ether oxygens (including phenoxy) is 1. The molecule has 152 valence electrons. The Morgan fingerprint density at radius 3 is 2.59 bits per heavy atom. The monoisotopic (exact) mass is 430 g/mol. The average Bonchev–Trinajstić information content (AvgIpc) is 3.33. The van der Waals surface area contributed by atoms with Crippen molar-refractivity contribution in [3.05, 3.63) is 29.5 Å². The molecular formula is C20H22N4O3S2. The lowest BCUT2D eigenvalue weighted by Crippen LogP contribution is -2.55. The van der Waals surface area contributed by atoms with Crippen LogP contribution in [0, 0.1) is 0 Å². The lowest BCUT2D eigenvalue weighted by atomic mass is 9.89. The number of hydrogen-bond acceptors (Lipinski definition) is 8. The van der Waals surface area contributed by atoms with Crippen molar-refractivity contribution in [2.75, 3.05) is 18.1 Å². The van der Waals surface area contributed by atoms with Gasteiger partial charge in [0.15, 0.2) is 0 Å². The number of anilines is 1. The van der Waals surface area contributed by atoms with E-state index in [1.165, 1.54) is 0 Å². The maximum atomic E-state index is 12.3. The maximum Gasteiger partial charge on any atom is 0.252 e. The summed E-state index contributed by atoms with van der Waals surface area (Å²) in [5.41, 5.74) is 8.90. The molecular weight excluding hydrogens is 408 g/mol. The Labute approximate surface area is 176 Å². The molecule has 4 heterocycles. The van der Waals surface area contributed by atoms with Gasteiger partial charge in [0, 0.05) is 28.7 Å². The Morgan fingerprint density at radius 1 is 1.17 bits per heavy atom. The van der Waals surface area contributed by atoms with Gasteiger partial charge in [-0.2, -0.15) is 0 Å². The molecule has 1 saturated heterocycles. The third-order valence-electron chi connectivity index (χ3n) is 5.81. The fourth-order valence-electron chi connectivity index (χ4n) is 4.28. The van der Waals surface area contributed by atoms with Gasteiger partial charge in [0.25, 0.3) is 5.91 Å². The van der Waals surface area contributed by atoms with E-state index in [4.69, 9.17) is 10.5 Å². The first-order valence-corrected chi connectivity index (χ1v) is 11.5. The van der Waals surface area contributed by atoms with Gasteiger partial charge >= 0.3 is 0 Å². The average molecular weight is 431 g/mol. The number of rotatable bonds is 5. The molecule has 0 radical (unpaired) electrons. The quantitative estimate of drug-likeness (QED) is 0.645. The van der Waals surface area contributed by atoms with E-state index in [1.807, 2.05) is 11.7 Å². The van der Waals surface area contributed by atoms with Gasteiger partial charge in [-0.25, -0.2) is 4.98 Å². The number of thiophene rings is 1. The molecule has 3 aromatic heterocycles. The predicted molar refractivity (Wildman–Crippen MR) is 115 cm³/mol. The molecule has 2 aliphatic rings. The highest BCUT2D eigenvalue weighted by atomic mass is 32.1. The molecule has 9 heteroatoms. The van der Waals surface area contributed by atoms with Crippen LogP contribution < -0.4 is 10.6 Å². The number of thiazole rings is 1. The van der Waals surface area contributed by atoms with Crippen LogP contribution in [0.2, 0.25) is 0 Å². The first-order valence-electron chi connectivity index (χ1n) is 9.77. The molecule has 1 aliphatic carbocycles. The number of carbonyl (C=O) groups is 1. The van der Waals surface area contributed by atoms with E-state index < -0.39 is 5.91 Å². The van der Waals surface area contributed by atoms with Crippen LogP contribution in [-0.2, 0) is 4.74 Å². The van der Waals surface area contributed by atoms with Crippen LogP contribution in [-0.4, -0.2) is 52.4 Å². The fourth-order valence-corrected chi connectivity index (χ4v) is 5.99. The minimum atomic E-state index is -0.471. The molecule has 1 saturated carbocycles. The molecule has 3 aromatic rings. The second kappa shape index (κ2) is 7.64. The van der Waals surface area contributed by atoms with E-state index >= 15 is 0 Å². The number of nitrogens with two attached hydrogens (primary N) is 1. The number of nitrogens with zero attached hydrogens (tertiary/aromatic N) is 3. The standard InChI is InChI=1S/C20H22N4O3S2/c21-19(26)15-6-23-20-14(5-16(29-20)17-7-22-10-28-17)18(15)24(12-8-27-9-12)11-1-3-13(25)4-2-11/h5-7,10-13,25H,1-4,8-9H2,(H2,21,26). The normalized spacial score (nSPS) is 22.5. The highest BCUT2D eigenvalue weighted by molar-refractivity contribution is 7.25. The van der Waals surface area contributed by atoms with Crippen molar-refractivity contribution in [2.45, 2.75) is 43.9 Å². The highest BCUT2D eigenvalue weighted by Gasteiger charge is 2.37. The zero-order chi connectivity index (χ0) is 20.0. The van der Waals surface area contributed by atoms with Crippen molar-refractivity contribution in [3.63, 3.8) is 0 Å². The van der Waals surface area contributed by atoms with Gasteiger partial charge < -0.3 is 20.5 Å². The number of aliphatic hydroxyl groups excluding tert-OH is 1. The molecule has 29 heavy (non-hydrogen) atoms. The summed E-state index contributed by atoms with van der Waals surface area (Å²) >= 11 is 3.19. The Hall–Kier alpha value is -2.07. The molecule has 2 fully saturated rings. The molecule has 1 aliphatic heterocycles. The van der Waals surface area contributed by atoms with Crippen LogP contribution in [0.25, 0.3) is 20.0 Å².